The molecule has 0 radical (unpaired) electrons. The van der Waals surface area contributed by atoms with E-state index in [1.165, 1.54) is 35.6 Å². The monoisotopic (exact) mass is 467 g/mol. The molecule has 0 bridgehead atoms. The fourth-order valence-electron chi connectivity index (χ4n) is 3.11. The van der Waals surface area contributed by atoms with E-state index in [9.17, 15) is 17.6 Å². The maximum absolute atomic E-state index is 13.4. The number of primary sulfonamides is 1. The molecule has 0 unspecified atom stereocenters. The fraction of sp³-hybridized carbons (Fsp3) is 0.0435. The van der Waals surface area contributed by atoms with Crippen molar-refractivity contribution < 1.29 is 17.6 Å². The summed E-state index contributed by atoms with van der Waals surface area (Å²) in [6.45, 7) is 0. The summed E-state index contributed by atoms with van der Waals surface area (Å²) in [4.78, 5) is 17.8. The van der Waals surface area contributed by atoms with E-state index < -0.39 is 10.0 Å². The van der Waals surface area contributed by atoms with Crippen LogP contribution in [0, 0.1) is 5.82 Å². The molecule has 1 aromatic heterocycles. The zero-order valence-electron chi connectivity index (χ0n) is 16.7. The second-order valence-electron chi connectivity index (χ2n) is 6.98. The number of halogens is 1. The van der Waals surface area contributed by atoms with Crippen molar-refractivity contribution in [3.8, 4) is 21.7 Å². The molecule has 4 aromatic rings. The lowest BCUT2D eigenvalue weighted by Gasteiger charge is -2.04. The number of nitrogens with zero attached hydrogens (tertiary/aromatic N) is 1. The van der Waals surface area contributed by atoms with Gasteiger partial charge in [-0.05, 0) is 47.5 Å². The topological polar surface area (TPSA) is 102 Å². The Balaban J connectivity index is 1.68. The summed E-state index contributed by atoms with van der Waals surface area (Å²) in [5, 5.41) is 8.38. The lowest BCUT2D eigenvalue weighted by atomic mass is 10.1. The maximum atomic E-state index is 13.4. The van der Waals surface area contributed by atoms with E-state index in [1.807, 2.05) is 30.3 Å². The third-order valence-corrected chi connectivity index (χ3v) is 6.59. The molecule has 4 rings (SSSR count). The van der Waals surface area contributed by atoms with Crippen LogP contribution >= 0.6 is 11.3 Å². The van der Waals surface area contributed by atoms with Crippen molar-refractivity contribution in [2.45, 2.75) is 11.3 Å². The van der Waals surface area contributed by atoms with Crippen molar-refractivity contribution in [1.82, 2.24) is 4.98 Å². The van der Waals surface area contributed by atoms with Crippen LogP contribution in [-0.2, 0) is 21.2 Å². The number of aromatic nitrogens is 1. The number of nitrogens with two attached hydrogens (primary N) is 1. The van der Waals surface area contributed by atoms with Gasteiger partial charge in [-0.1, -0.05) is 53.8 Å². The Kier molecular flexibility index (Phi) is 6.13. The number of rotatable bonds is 6. The van der Waals surface area contributed by atoms with E-state index >= 15 is 0 Å². The number of carbonyl (C=O) groups is 1. The minimum absolute atomic E-state index is 0.00881. The smallest absolute Gasteiger partial charge is 0.238 e. The van der Waals surface area contributed by atoms with Gasteiger partial charge in [-0.2, -0.15) is 0 Å². The molecule has 9 heteroatoms. The van der Waals surface area contributed by atoms with Gasteiger partial charge in [0.15, 0.2) is 5.13 Å². The van der Waals surface area contributed by atoms with Crippen LogP contribution in [0.15, 0.2) is 83.8 Å². The highest BCUT2D eigenvalue weighted by atomic mass is 32.2. The zero-order chi connectivity index (χ0) is 22.7. The van der Waals surface area contributed by atoms with Crippen molar-refractivity contribution >= 4 is 32.4 Å². The van der Waals surface area contributed by atoms with E-state index in [1.54, 1.807) is 24.3 Å². The second-order valence-corrected chi connectivity index (χ2v) is 9.54. The molecule has 6 nitrogen and oxygen atoms in total. The van der Waals surface area contributed by atoms with Crippen LogP contribution in [0.1, 0.15) is 5.56 Å². The Bertz CT molecular complexity index is 1350. The molecule has 0 aliphatic carbocycles. The molecule has 0 saturated carbocycles. The van der Waals surface area contributed by atoms with Crippen LogP contribution in [0.3, 0.4) is 0 Å². The van der Waals surface area contributed by atoms with Crippen molar-refractivity contribution in [2.75, 3.05) is 5.32 Å². The standard InChI is InChI=1S/C23H18FN3O3S2/c24-18-10-6-16(7-11-18)21-22(17-8-12-19(13-9-17)32(25,29)30)31-23(27-21)26-20(28)14-15-4-2-1-3-5-15/h1-13H,14H2,(H2,25,29,30)(H,26,27,28). The van der Waals surface area contributed by atoms with Crippen LogP contribution in [0.4, 0.5) is 9.52 Å². The SMILES string of the molecule is NS(=O)(=O)c1ccc(-c2sc(NC(=O)Cc3ccccc3)nc2-c2ccc(F)cc2)cc1. The summed E-state index contributed by atoms with van der Waals surface area (Å²) in [7, 11) is -3.82. The summed E-state index contributed by atoms with van der Waals surface area (Å²) >= 11 is 1.25. The molecule has 162 valence electrons. The Morgan fingerprint density at radius 1 is 0.938 bits per heavy atom. The molecule has 1 amide bonds. The number of amides is 1. The van der Waals surface area contributed by atoms with Crippen LogP contribution in [0.25, 0.3) is 21.7 Å². The summed E-state index contributed by atoms with van der Waals surface area (Å²) < 4.78 is 36.5. The number of carbonyl (C=O) groups excluding carboxylic acids is 1. The minimum Gasteiger partial charge on any atom is -0.302 e. The summed E-state index contributed by atoms with van der Waals surface area (Å²) in [6.07, 6.45) is 0.199. The third kappa shape index (κ3) is 5.08. The molecule has 0 atom stereocenters. The maximum Gasteiger partial charge on any atom is 0.238 e. The summed E-state index contributed by atoms with van der Waals surface area (Å²) in [5.74, 6) is -0.592. The largest absolute Gasteiger partial charge is 0.302 e. The number of anilines is 1. The number of benzene rings is 3. The van der Waals surface area contributed by atoms with Crippen molar-refractivity contribution in [3.63, 3.8) is 0 Å². The van der Waals surface area contributed by atoms with Crippen LogP contribution < -0.4 is 10.5 Å². The highest BCUT2D eigenvalue weighted by Gasteiger charge is 2.18. The number of hydrogen-bond donors (Lipinski definition) is 2. The predicted octanol–water partition coefficient (Wildman–Crippen LogP) is 4.44. The third-order valence-electron chi connectivity index (χ3n) is 4.64. The Morgan fingerprint density at radius 3 is 2.19 bits per heavy atom. The molecule has 0 aliphatic rings. The normalized spacial score (nSPS) is 11.3. The van der Waals surface area contributed by atoms with E-state index in [2.05, 4.69) is 10.3 Å². The Morgan fingerprint density at radius 2 is 1.56 bits per heavy atom. The van der Waals surface area contributed by atoms with Gasteiger partial charge in [0.25, 0.3) is 0 Å². The number of hydrogen-bond acceptors (Lipinski definition) is 5. The van der Waals surface area contributed by atoms with Crippen LogP contribution in [0.5, 0.6) is 0 Å². The van der Waals surface area contributed by atoms with Gasteiger partial charge in [0, 0.05) is 5.56 Å². The van der Waals surface area contributed by atoms with Gasteiger partial charge in [-0.25, -0.2) is 22.9 Å². The molecular formula is C23H18FN3O3S2. The Labute approximate surface area is 188 Å². The van der Waals surface area contributed by atoms with Crippen molar-refractivity contribution in [1.29, 1.82) is 0 Å². The number of nitrogens with one attached hydrogen (secondary N) is 1. The molecular weight excluding hydrogens is 449 g/mol. The molecule has 1 heterocycles. The molecule has 0 spiro atoms. The minimum atomic E-state index is -3.82. The van der Waals surface area contributed by atoms with Gasteiger partial charge >= 0.3 is 0 Å². The predicted molar refractivity (Wildman–Crippen MR) is 123 cm³/mol. The first kappa shape index (κ1) is 21.8. The van der Waals surface area contributed by atoms with Gasteiger partial charge in [0.1, 0.15) is 5.82 Å². The van der Waals surface area contributed by atoms with Gasteiger partial charge in [-0.3, -0.25) is 4.79 Å². The average molecular weight is 468 g/mol. The number of thiazole rings is 1. The highest BCUT2D eigenvalue weighted by Crippen LogP contribution is 2.39. The quantitative estimate of drug-likeness (QED) is 0.437. The van der Waals surface area contributed by atoms with Crippen molar-refractivity contribution in [2.24, 2.45) is 5.14 Å². The van der Waals surface area contributed by atoms with Crippen LogP contribution in [-0.4, -0.2) is 19.3 Å². The summed E-state index contributed by atoms with van der Waals surface area (Å²) in [6, 6.07) is 21.3. The molecule has 3 N–H and O–H groups in total. The first-order chi connectivity index (χ1) is 15.3. The second kappa shape index (κ2) is 8.99. The first-order valence-corrected chi connectivity index (χ1v) is 11.9. The summed E-state index contributed by atoms with van der Waals surface area (Å²) in [5.41, 5.74) is 2.78. The van der Waals surface area contributed by atoms with E-state index in [4.69, 9.17) is 5.14 Å². The molecule has 0 saturated heterocycles. The van der Waals surface area contributed by atoms with Crippen molar-refractivity contribution in [3.05, 3.63) is 90.2 Å². The molecule has 32 heavy (non-hydrogen) atoms. The fourth-order valence-corrected chi connectivity index (χ4v) is 4.64. The molecule has 0 aliphatic heterocycles. The van der Waals surface area contributed by atoms with E-state index in [0.717, 1.165) is 5.56 Å². The van der Waals surface area contributed by atoms with Gasteiger partial charge in [-0.15, -0.1) is 0 Å². The zero-order valence-corrected chi connectivity index (χ0v) is 18.3. The van der Waals surface area contributed by atoms with E-state index in [-0.39, 0.29) is 23.0 Å². The lowest BCUT2D eigenvalue weighted by molar-refractivity contribution is -0.115. The van der Waals surface area contributed by atoms with Gasteiger partial charge in [0.05, 0.1) is 21.9 Å². The van der Waals surface area contributed by atoms with E-state index in [0.29, 0.717) is 26.8 Å². The first-order valence-electron chi connectivity index (χ1n) is 9.53. The van der Waals surface area contributed by atoms with Gasteiger partial charge in [0.2, 0.25) is 15.9 Å². The molecule has 3 aromatic carbocycles. The number of sulfonamides is 1. The molecule has 0 fully saturated rings. The van der Waals surface area contributed by atoms with Crippen LogP contribution in [0.2, 0.25) is 0 Å². The Hall–Kier alpha value is -3.40. The highest BCUT2D eigenvalue weighted by molar-refractivity contribution is 7.89. The van der Waals surface area contributed by atoms with Gasteiger partial charge < -0.3 is 5.32 Å². The lowest BCUT2D eigenvalue weighted by Crippen LogP contribution is -2.14. The average Bonchev–Trinajstić information content (AvgIpc) is 3.18.